The second-order valence-corrected chi connectivity index (χ2v) is 4.38. The van der Waals surface area contributed by atoms with E-state index in [1.54, 1.807) is 0 Å². The predicted molar refractivity (Wildman–Crippen MR) is 64.0 cm³/mol. The number of methoxy groups -OCH3 is 1. The average molecular weight is 260 g/mol. The van der Waals surface area contributed by atoms with Gasteiger partial charge < -0.3 is 20.5 Å². The third-order valence-electron chi connectivity index (χ3n) is 2.21. The summed E-state index contributed by atoms with van der Waals surface area (Å²) in [4.78, 5) is 33.5. The van der Waals surface area contributed by atoms with Crippen molar-refractivity contribution < 1.29 is 24.2 Å². The Hall–Kier alpha value is -1.79. The van der Waals surface area contributed by atoms with Crippen molar-refractivity contribution in [3.05, 3.63) is 0 Å². The lowest BCUT2D eigenvalue weighted by Crippen LogP contribution is -2.50. The molecule has 0 fully saturated rings. The molecular formula is C11H20N2O5. The molecule has 0 aliphatic rings. The number of amides is 2. The zero-order valence-electron chi connectivity index (χ0n) is 11.0. The number of carbonyl (C=O) groups excluding carboxylic acids is 2. The molecule has 2 amide bonds. The Balaban J connectivity index is 4.34. The van der Waals surface area contributed by atoms with Gasteiger partial charge in [0.2, 0.25) is 0 Å². The maximum absolute atomic E-state index is 11.5. The van der Waals surface area contributed by atoms with Crippen molar-refractivity contribution in [1.82, 2.24) is 10.6 Å². The number of hydrogen-bond acceptors (Lipinski definition) is 4. The molecule has 2 atom stereocenters. The summed E-state index contributed by atoms with van der Waals surface area (Å²) in [5, 5.41) is 13.5. The van der Waals surface area contributed by atoms with E-state index in [0.29, 0.717) is 6.42 Å². The number of esters is 1. The summed E-state index contributed by atoms with van der Waals surface area (Å²) >= 11 is 0. The van der Waals surface area contributed by atoms with Crippen LogP contribution in [-0.2, 0) is 14.3 Å². The van der Waals surface area contributed by atoms with Gasteiger partial charge in [-0.05, 0) is 19.3 Å². The number of aliphatic carboxylic acids is 1. The molecule has 18 heavy (non-hydrogen) atoms. The minimum Gasteiger partial charge on any atom is -0.480 e. The molecule has 0 saturated heterocycles. The number of rotatable bonds is 6. The Bertz CT molecular complexity index is 317. The number of carboxylic acid groups (broad SMARTS) is 1. The van der Waals surface area contributed by atoms with Crippen LogP contribution >= 0.6 is 0 Å². The number of urea groups is 1. The van der Waals surface area contributed by atoms with Crippen LogP contribution in [0.3, 0.4) is 0 Å². The highest BCUT2D eigenvalue weighted by Gasteiger charge is 2.23. The van der Waals surface area contributed by atoms with E-state index in [1.807, 2.05) is 13.8 Å². The number of hydrogen-bond donors (Lipinski definition) is 3. The van der Waals surface area contributed by atoms with Gasteiger partial charge in [0.15, 0.2) is 0 Å². The Morgan fingerprint density at radius 2 is 1.72 bits per heavy atom. The van der Waals surface area contributed by atoms with Crippen molar-refractivity contribution in [3.63, 3.8) is 0 Å². The summed E-state index contributed by atoms with van der Waals surface area (Å²) < 4.78 is 4.43. The molecule has 0 aromatic carbocycles. The Kier molecular flexibility index (Phi) is 6.77. The molecule has 0 rings (SSSR count). The van der Waals surface area contributed by atoms with Gasteiger partial charge in [-0.15, -0.1) is 0 Å². The lowest BCUT2D eigenvalue weighted by molar-refractivity contribution is -0.142. The highest BCUT2D eigenvalue weighted by molar-refractivity contribution is 5.86. The van der Waals surface area contributed by atoms with E-state index in [1.165, 1.54) is 14.0 Å². The lowest BCUT2D eigenvalue weighted by Gasteiger charge is -2.18. The van der Waals surface area contributed by atoms with Crippen molar-refractivity contribution in [1.29, 1.82) is 0 Å². The highest BCUT2D eigenvalue weighted by Crippen LogP contribution is 2.04. The molecule has 7 heteroatoms. The molecule has 0 radical (unpaired) electrons. The summed E-state index contributed by atoms with van der Waals surface area (Å²) in [7, 11) is 1.21. The van der Waals surface area contributed by atoms with Crippen LogP contribution in [0.5, 0.6) is 0 Å². The molecule has 7 nitrogen and oxygen atoms in total. The standard InChI is InChI=1S/C11H20N2O5/c1-6(2)5-8(9(14)15)13-11(17)12-7(3)10(16)18-4/h6-8H,5H2,1-4H3,(H,14,15)(H2,12,13,17)/t7?,8-/m1/s1. The number of carbonyl (C=O) groups is 3. The number of ether oxygens (including phenoxy) is 1. The molecule has 0 aliphatic heterocycles. The first kappa shape index (κ1) is 16.2. The maximum Gasteiger partial charge on any atom is 0.328 e. The monoisotopic (exact) mass is 260 g/mol. The average Bonchev–Trinajstić information content (AvgIpc) is 2.25. The normalized spacial score (nSPS) is 13.6. The SMILES string of the molecule is COC(=O)C(C)NC(=O)N[C@H](CC(C)C)C(=O)O. The molecule has 0 heterocycles. The van der Waals surface area contributed by atoms with Gasteiger partial charge in [-0.1, -0.05) is 13.8 Å². The van der Waals surface area contributed by atoms with Gasteiger partial charge in [0, 0.05) is 0 Å². The van der Waals surface area contributed by atoms with Crippen LogP contribution in [-0.4, -0.2) is 42.3 Å². The van der Waals surface area contributed by atoms with Crippen molar-refractivity contribution in [2.75, 3.05) is 7.11 Å². The third-order valence-corrected chi connectivity index (χ3v) is 2.21. The molecule has 0 aliphatic carbocycles. The van der Waals surface area contributed by atoms with Gasteiger partial charge in [-0.3, -0.25) is 0 Å². The summed E-state index contributed by atoms with van der Waals surface area (Å²) in [6.07, 6.45) is 0.315. The van der Waals surface area contributed by atoms with E-state index in [0.717, 1.165) is 0 Å². The second kappa shape index (κ2) is 7.52. The first-order chi connectivity index (χ1) is 8.27. The van der Waals surface area contributed by atoms with Crippen molar-refractivity contribution in [2.24, 2.45) is 5.92 Å². The van der Waals surface area contributed by atoms with Gasteiger partial charge >= 0.3 is 18.0 Å². The first-order valence-electron chi connectivity index (χ1n) is 5.65. The quantitative estimate of drug-likeness (QED) is 0.597. The Morgan fingerprint density at radius 3 is 2.11 bits per heavy atom. The van der Waals surface area contributed by atoms with Crippen molar-refractivity contribution in [2.45, 2.75) is 39.3 Å². The van der Waals surface area contributed by atoms with Gasteiger partial charge in [-0.25, -0.2) is 14.4 Å². The fourth-order valence-electron chi connectivity index (χ4n) is 1.33. The molecule has 1 unspecified atom stereocenters. The van der Waals surface area contributed by atoms with Crippen LogP contribution in [0.2, 0.25) is 0 Å². The molecule has 0 aromatic rings. The fraction of sp³-hybridized carbons (Fsp3) is 0.727. The topological polar surface area (TPSA) is 105 Å². The highest BCUT2D eigenvalue weighted by atomic mass is 16.5. The van der Waals surface area contributed by atoms with Crippen LogP contribution in [0.15, 0.2) is 0 Å². The summed E-state index contributed by atoms with van der Waals surface area (Å²) in [6.45, 7) is 5.16. The summed E-state index contributed by atoms with van der Waals surface area (Å²) in [5.74, 6) is -1.57. The zero-order chi connectivity index (χ0) is 14.3. The molecule has 0 bridgehead atoms. The minimum absolute atomic E-state index is 0.129. The number of nitrogens with one attached hydrogen (secondary N) is 2. The Morgan fingerprint density at radius 1 is 1.17 bits per heavy atom. The van der Waals surface area contributed by atoms with Gasteiger partial charge in [0.25, 0.3) is 0 Å². The fourth-order valence-corrected chi connectivity index (χ4v) is 1.33. The second-order valence-electron chi connectivity index (χ2n) is 4.38. The van der Waals surface area contributed by atoms with Crippen LogP contribution in [0, 0.1) is 5.92 Å². The number of carboxylic acids is 1. The van der Waals surface area contributed by atoms with E-state index in [4.69, 9.17) is 5.11 Å². The van der Waals surface area contributed by atoms with Crippen LogP contribution < -0.4 is 10.6 Å². The zero-order valence-corrected chi connectivity index (χ0v) is 11.0. The first-order valence-corrected chi connectivity index (χ1v) is 5.65. The van der Waals surface area contributed by atoms with E-state index in [9.17, 15) is 14.4 Å². The van der Waals surface area contributed by atoms with Crippen LogP contribution in [0.4, 0.5) is 4.79 Å². The van der Waals surface area contributed by atoms with E-state index >= 15 is 0 Å². The van der Waals surface area contributed by atoms with Gasteiger partial charge in [-0.2, -0.15) is 0 Å². The largest absolute Gasteiger partial charge is 0.480 e. The molecule has 0 spiro atoms. The van der Waals surface area contributed by atoms with Crippen molar-refractivity contribution in [3.8, 4) is 0 Å². The third kappa shape index (κ3) is 6.07. The van der Waals surface area contributed by atoms with E-state index in [2.05, 4.69) is 15.4 Å². The summed E-state index contributed by atoms with van der Waals surface area (Å²) in [5.41, 5.74) is 0. The van der Waals surface area contributed by atoms with E-state index < -0.39 is 30.1 Å². The lowest BCUT2D eigenvalue weighted by atomic mass is 10.0. The van der Waals surface area contributed by atoms with Gasteiger partial charge in [0.1, 0.15) is 12.1 Å². The minimum atomic E-state index is -1.11. The van der Waals surface area contributed by atoms with Crippen molar-refractivity contribution >= 4 is 18.0 Å². The predicted octanol–water partition coefficient (Wildman–Crippen LogP) is 0.346. The van der Waals surface area contributed by atoms with Crippen LogP contribution in [0.25, 0.3) is 0 Å². The molecule has 0 aromatic heterocycles. The molecular weight excluding hydrogens is 240 g/mol. The Labute approximate surface area is 106 Å². The maximum atomic E-state index is 11.5. The van der Waals surface area contributed by atoms with Crippen LogP contribution in [0.1, 0.15) is 27.2 Å². The smallest absolute Gasteiger partial charge is 0.328 e. The molecule has 3 N–H and O–H groups in total. The molecule has 104 valence electrons. The van der Waals surface area contributed by atoms with E-state index in [-0.39, 0.29) is 5.92 Å². The summed E-state index contributed by atoms with van der Waals surface area (Å²) in [6, 6.07) is -2.51. The van der Waals surface area contributed by atoms with Gasteiger partial charge in [0.05, 0.1) is 7.11 Å². The molecule has 0 saturated carbocycles.